The van der Waals surface area contributed by atoms with Gasteiger partial charge in [0, 0.05) is 6.54 Å². The topological polar surface area (TPSA) is 98.7 Å². The van der Waals surface area contributed by atoms with Crippen LogP contribution >= 0.6 is 0 Å². The first kappa shape index (κ1) is 15.0. The van der Waals surface area contributed by atoms with E-state index < -0.39 is 17.9 Å². The number of nitrogens with zero attached hydrogens (tertiary/aromatic N) is 1. The van der Waals surface area contributed by atoms with Gasteiger partial charge < -0.3 is 15.9 Å². The van der Waals surface area contributed by atoms with Gasteiger partial charge in [-0.1, -0.05) is 13.8 Å². The van der Waals surface area contributed by atoms with Gasteiger partial charge in [0.2, 0.25) is 0 Å². The van der Waals surface area contributed by atoms with Crippen molar-refractivity contribution in [1.29, 1.82) is 0 Å². The monoisotopic (exact) mass is 180 g/mol. The Morgan fingerprint density at radius 2 is 2.08 bits per heavy atom. The third-order valence-corrected chi connectivity index (χ3v) is 1.34. The van der Waals surface area contributed by atoms with Crippen LogP contribution in [0.3, 0.4) is 0 Å². The van der Waals surface area contributed by atoms with Crippen molar-refractivity contribution in [3.63, 3.8) is 0 Å². The normalized spacial score (nSPS) is 13.7. The van der Waals surface area contributed by atoms with Gasteiger partial charge in [0.1, 0.15) is 6.04 Å². The van der Waals surface area contributed by atoms with Gasteiger partial charge in [0.05, 0.1) is 0 Å². The summed E-state index contributed by atoms with van der Waals surface area (Å²) in [4.78, 5) is 13.9. The summed E-state index contributed by atoms with van der Waals surface area (Å²) in [6, 6.07) is -0.971. The Morgan fingerprint density at radius 3 is 2.31 bits per heavy atom. The maximum Gasteiger partial charge on any atom is 1.00 e. The van der Waals surface area contributed by atoms with Crippen molar-refractivity contribution in [1.82, 2.24) is 0 Å². The van der Waals surface area contributed by atoms with Crippen LogP contribution in [0.2, 0.25) is 0 Å². The van der Waals surface area contributed by atoms with Gasteiger partial charge in [-0.3, -0.25) is 4.99 Å². The van der Waals surface area contributed by atoms with E-state index in [1.807, 2.05) is 0 Å². The standard InChI is InChI=1S/C7H14N2O3.Li/c1-4(2)6(7(11)12)9-5(10)3-8;/h4,6H,3,8H2,1-2H3,(H,9,10)(H,11,12);/q;+1/p-1/t6-;/m0./s1. The number of rotatable bonds is 4. The average molecular weight is 180 g/mol. The Hall–Kier alpha value is -0.503. The van der Waals surface area contributed by atoms with Gasteiger partial charge in [-0.15, -0.1) is 0 Å². The first-order valence-corrected chi connectivity index (χ1v) is 3.65. The predicted molar refractivity (Wildman–Crippen MR) is 42.8 cm³/mol. The summed E-state index contributed by atoms with van der Waals surface area (Å²) in [5.74, 6) is -1.86. The van der Waals surface area contributed by atoms with Gasteiger partial charge in [-0.2, -0.15) is 0 Å². The molecule has 0 aliphatic heterocycles. The van der Waals surface area contributed by atoms with Gasteiger partial charge in [0.15, 0.2) is 0 Å². The molecule has 3 N–H and O–H groups in total. The molecular weight excluding hydrogens is 167 g/mol. The molecule has 0 aromatic rings. The zero-order valence-electron chi connectivity index (χ0n) is 8.15. The molecule has 0 saturated heterocycles. The van der Waals surface area contributed by atoms with Crippen molar-refractivity contribution in [3.05, 3.63) is 0 Å². The number of hydrogen-bond donors (Lipinski definition) is 2. The van der Waals surface area contributed by atoms with Crippen molar-refractivity contribution in [3.8, 4) is 0 Å². The Morgan fingerprint density at radius 1 is 1.62 bits per heavy atom. The summed E-state index contributed by atoms with van der Waals surface area (Å²) in [6.07, 6.45) is 0. The zero-order chi connectivity index (χ0) is 9.72. The number of aliphatic imine (C=N–C) groups is 1. The van der Waals surface area contributed by atoms with E-state index in [2.05, 4.69) is 4.99 Å². The van der Waals surface area contributed by atoms with Gasteiger partial charge in [0.25, 0.3) is 0 Å². The number of carboxylic acids is 1. The summed E-state index contributed by atoms with van der Waals surface area (Å²) < 4.78 is 0. The molecule has 0 fully saturated rings. The van der Waals surface area contributed by atoms with E-state index in [0.717, 1.165) is 0 Å². The zero-order valence-corrected chi connectivity index (χ0v) is 8.15. The van der Waals surface area contributed by atoms with Crippen molar-refractivity contribution in [2.24, 2.45) is 16.6 Å². The molecule has 0 aliphatic rings. The SMILES string of the molecule is CC(C)[C@H](N=C([O-])CN)C(=O)O.[Li+]. The molecule has 0 bridgehead atoms. The summed E-state index contributed by atoms with van der Waals surface area (Å²) in [5, 5.41) is 19.3. The van der Waals surface area contributed by atoms with Crippen molar-refractivity contribution in [2.75, 3.05) is 6.54 Å². The van der Waals surface area contributed by atoms with Crippen molar-refractivity contribution in [2.45, 2.75) is 19.9 Å². The Kier molecular flexibility index (Phi) is 8.02. The molecule has 0 amide bonds. The fourth-order valence-electron chi connectivity index (χ4n) is 0.697. The molecule has 0 rings (SSSR count). The minimum Gasteiger partial charge on any atom is -0.861 e. The fourth-order valence-corrected chi connectivity index (χ4v) is 0.697. The Bertz CT molecular complexity index is 194. The second-order valence-corrected chi connectivity index (χ2v) is 2.75. The van der Waals surface area contributed by atoms with Crippen molar-refractivity contribution >= 4 is 11.9 Å². The van der Waals surface area contributed by atoms with Gasteiger partial charge >= 0.3 is 24.8 Å². The first-order chi connectivity index (χ1) is 5.49. The van der Waals surface area contributed by atoms with Gasteiger partial charge in [-0.25, -0.2) is 4.79 Å². The summed E-state index contributed by atoms with van der Waals surface area (Å²) >= 11 is 0. The number of aliphatic carboxylic acids is 1. The summed E-state index contributed by atoms with van der Waals surface area (Å²) in [7, 11) is 0. The Balaban J connectivity index is 0. The van der Waals surface area contributed by atoms with Crippen LogP contribution in [0.1, 0.15) is 13.8 Å². The molecule has 70 valence electrons. The molecule has 0 unspecified atom stereocenters. The van der Waals surface area contributed by atoms with Gasteiger partial charge in [-0.05, 0) is 11.8 Å². The van der Waals surface area contributed by atoms with Crippen molar-refractivity contribution < 1.29 is 33.9 Å². The number of nitrogens with two attached hydrogens (primary N) is 1. The van der Waals surface area contributed by atoms with Crippen LogP contribution in [0, 0.1) is 5.92 Å². The number of hydrogen-bond acceptors (Lipinski definition) is 4. The number of carboxylic acid groups (broad SMARTS) is 1. The minimum absolute atomic E-state index is 0. The smallest absolute Gasteiger partial charge is 0.861 e. The molecule has 0 aromatic carbocycles. The maximum absolute atomic E-state index is 10.7. The third kappa shape index (κ3) is 5.69. The quantitative estimate of drug-likeness (QED) is 0.260. The summed E-state index contributed by atoms with van der Waals surface area (Å²) in [5.41, 5.74) is 4.98. The minimum atomic E-state index is -1.09. The van der Waals surface area contributed by atoms with Crippen LogP contribution in [-0.4, -0.2) is 29.6 Å². The third-order valence-electron chi connectivity index (χ3n) is 1.34. The molecule has 0 heterocycles. The van der Waals surface area contributed by atoms with Crippen LogP contribution in [0.4, 0.5) is 0 Å². The molecular formula is C7H13LiN2O3. The average Bonchev–Trinajstić information content (AvgIpc) is 1.98. The molecule has 0 aliphatic carbocycles. The predicted octanol–water partition coefficient (Wildman–Crippen LogP) is -4.18. The first-order valence-electron chi connectivity index (χ1n) is 3.65. The van der Waals surface area contributed by atoms with E-state index in [4.69, 9.17) is 10.8 Å². The van der Waals surface area contributed by atoms with Crippen LogP contribution in [0.25, 0.3) is 0 Å². The maximum atomic E-state index is 10.7. The van der Waals surface area contributed by atoms with E-state index >= 15 is 0 Å². The number of carbonyl (C=O) groups is 1. The second kappa shape index (κ2) is 6.95. The molecule has 0 saturated carbocycles. The van der Waals surface area contributed by atoms with Crippen LogP contribution < -0.4 is 29.7 Å². The second-order valence-electron chi connectivity index (χ2n) is 2.75. The Labute approximate surface area is 89.2 Å². The van der Waals surface area contributed by atoms with E-state index in [1.165, 1.54) is 0 Å². The van der Waals surface area contributed by atoms with E-state index in [-0.39, 0.29) is 31.3 Å². The molecule has 1 atom stereocenters. The summed E-state index contributed by atoms with van der Waals surface area (Å²) in [6.45, 7) is 3.13. The molecule has 6 heteroatoms. The van der Waals surface area contributed by atoms with E-state index in [0.29, 0.717) is 0 Å². The molecule has 0 radical (unpaired) electrons. The van der Waals surface area contributed by atoms with E-state index in [1.54, 1.807) is 13.8 Å². The van der Waals surface area contributed by atoms with Crippen LogP contribution in [0.5, 0.6) is 0 Å². The van der Waals surface area contributed by atoms with Crippen LogP contribution in [-0.2, 0) is 4.79 Å². The molecule has 0 spiro atoms. The molecule has 13 heavy (non-hydrogen) atoms. The molecule has 0 aromatic heterocycles. The van der Waals surface area contributed by atoms with Crippen LogP contribution in [0.15, 0.2) is 4.99 Å². The molecule has 5 nitrogen and oxygen atoms in total. The largest absolute Gasteiger partial charge is 1.00 e. The van der Waals surface area contributed by atoms with E-state index in [9.17, 15) is 9.90 Å². The fraction of sp³-hybridized carbons (Fsp3) is 0.714.